The fourth-order valence-corrected chi connectivity index (χ4v) is 5.78. The number of piperidine rings is 2. The highest BCUT2D eigenvalue weighted by atomic mass is 32.2. The Kier molecular flexibility index (Phi) is 8.08. The van der Waals surface area contributed by atoms with Gasteiger partial charge in [0.1, 0.15) is 0 Å². The topological polar surface area (TPSA) is 71.3 Å². The molecule has 7 nitrogen and oxygen atoms in total. The summed E-state index contributed by atoms with van der Waals surface area (Å²) in [4.78, 5) is 29.8. The van der Waals surface area contributed by atoms with Gasteiger partial charge in [0.05, 0.1) is 5.75 Å². The maximum absolute atomic E-state index is 12.9. The van der Waals surface area contributed by atoms with Crippen LogP contribution in [0.3, 0.4) is 0 Å². The molecule has 2 aliphatic rings. The predicted octanol–water partition coefficient (Wildman–Crippen LogP) is 4.03. The highest BCUT2D eigenvalue weighted by molar-refractivity contribution is 7.99. The number of likely N-dealkylation sites (tertiary alicyclic amines) is 2. The Morgan fingerprint density at radius 2 is 1.94 bits per heavy atom. The summed E-state index contributed by atoms with van der Waals surface area (Å²) in [5.41, 5.74) is 2.16. The van der Waals surface area contributed by atoms with E-state index in [-0.39, 0.29) is 17.7 Å². The fourth-order valence-electron chi connectivity index (χ4n) is 4.93. The average molecular weight is 482 g/mol. The van der Waals surface area contributed by atoms with Crippen LogP contribution in [0, 0.1) is 18.8 Å². The first-order valence-corrected chi connectivity index (χ1v) is 13.2. The molecule has 1 atom stereocenters. The van der Waals surface area contributed by atoms with E-state index in [9.17, 15) is 9.59 Å². The molecule has 0 spiro atoms. The summed E-state index contributed by atoms with van der Waals surface area (Å²) in [6.45, 7) is 11.8. The molecule has 3 heterocycles. The van der Waals surface area contributed by atoms with Crippen LogP contribution >= 0.6 is 11.8 Å². The number of thioether (sulfide) groups is 1. The Labute approximate surface area is 206 Å². The van der Waals surface area contributed by atoms with E-state index < -0.39 is 0 Å². The summed E-state index contributed by atoms with van der Waals surface area (Å²) in [5, 5.41) is 9.47. The molecule has 4 rings (SSSR count). The Bertz CT molecular complexity index is 1030. The minimum atomic E-state index is 0.0505. The van der Waals surface area contributed by atoms with Gasteiger partial charge in [-0.2, -0.15) is 0 Å². The number of hydrogen-bond acceptors (Lipinski definition) is 5. The molecule has 0 N–H and O–H groups in total. The molecule has 0 bridgehead atoms. The Morgan fingerprint density at radius 1 is 1.15 bits per heavy atom. The summed E-state index contributed by atoms with van der Waals surface area (Å²) in [6.07, 6.45) is 5.64. The lowest BCUT2D eigenvalue weighted by molar-refractivity contribution is -0.141. The molecule has 0 radical (unpaired) electrons. The molecule has 8 heteroatoms. The third-order valence-corrected chi connectivity index (χ3v) is 7.75. The van der Waals surface area contributed by atoms with E-state index >= 15 is 0 Å². The highest BCUT2D eigenvalue weighted by Crippen LogP contribution is 2.27. The molecule has 1 aromatic carbocycles. The van der Waals surface area contributed by atoms with Crippen molar-refractivity contribution >= 4 is 23.6 Å². The molecule has 2 aliphatic heterocycles. The zero-order valence-corrected chi connectivity index (χ0v) is 21.1. The van der Waals surface area contributed by atoms with Crippen molar-refractivity contribution in [2.75, 3.05) is 31.9 Å². The molecule has 2 amide bonds. The molecular weight excluding hydrogens is 446 g/mol. The van der Waals surface area contributed by atoms with E-state index in [1.165, 1.54) is 18.2 Å². The van der Waals surface area contributed by atoms with Crippen LogP contribution in [0.1, 0.15) is 38.2 Å². The van der Waals surface area contributed by atoms with Gasteiger partial charge < -0.3 is 9.80 Å². The van der Waals surface area contributed by atoms with Crippen molar-refractivity contribution in [3.05, 3.63) is 42.5 Å². The second kappa shape index (κ2) is 11.2. The van der Waals surface area contributed by atoms with Crippen molar-refractivity contribution in [3.63, 3.8) is 0 Å². The van der Waals surface area contributed by atoms with Crippen LogP contribution < -0.4 is 0 Å². The first kappa shape index (κ1) is 24.5. The molecule has 182 valence electrons. The Hall–Kier alpha value is -2.61. The van der Waals surface area contributed by atoms with E-state index in [1.54, 1.807) is 0 Å². The number of aryl methyl sites for hydroxylation is 1. The minimum Gasteiger partial charge on any atom is -0.342 e. The van der Waals surface area contributed by atoms with Gasteiger partial charge in [-0.05, 0) is 44.6 Å². The lowest BCUT2D eigenvalue weighted by Crippen LogP contribution is -2.47. The van der Waals surface area contributed by atoms with Crippen LogP contribution in [0.25, 0.3) is 11.4 Å². The number of hydrogen-bond donors (Lipinski definition) is 0. The number of aromatic nitrogens is 3. The molecular formula is C26H35N5O2S. The Morgan fingerprint density at radius 3 is 2.65 bits per heavy atom. The second-order valence-electron chi connectivity index (χ2n) is 9.55. The molecule has 1 aromatic heterocycles. The lowest BCUT2D eigenvalue weighted by Gasteiger charge is -2.37. The van der Waals surface area contributed by atoms with Crippen molar-refractivity contribution < 1.29 is 9.59 Å². The number of nitrogens with zero attached hydrogens (tertiary/aromatic N) is 5. The third kappa shape index (κ3) is 5.71. The van der Waals surface area contributed by atoms with E-state index in [0.717, 1.165) is 49.3 Å². The van der Waals surface area contributed by atoms with E-state index in [4.69, 9.17) is 0 Å². The van der Waals surface area contributed by atoms with Gasteiger partial charge in [-0.15, -0.1) is 16.8 Å². The van der Waals surface area contributed by atoms with Gasteiger partial charge in [-0.1, -0.05) is 48.5 Å². The van der Waals surface area contributed by atoms with Crippen molar-refractivity contribution in [2.24, 2.45) is 11.8 Å². The van der Waals surface area contributed by atoms with E-state index in [1.807, 2.05) is 32.6 Å². The maximum atomic E-state index is 12.9. The lowest BCUT2D eigenvalue weighted by atomic mass is 9.93. The molecule has 2 saturated heterocycles. The number of carbonyl (C=O) groups is 2. The van der Waals surface area contributed by atoms with Gasteiger partial charge in [0.2, 0.25) is 11.8 Å². The number of amides is 2. The van der Waals surface area contributed by atoms with Crippen LogP contribution in [-0.4, -0.2) is 68.3 Å². The maximum Gasteiger partial charge on any atom is 0.233 e. The predicted molar refractivity (Wildman–Crippen MR) is 135 cm³/mol. The quantitative estimate of drug-likeness (QED) is 0.441. The van der Waals surface area contributed by atoms with Crippen LogP contribution in [0.15, 0.2) is 42.1 Å². The number of carbonyl (C=O) groups excluding carboxylic acids is 2. The average Bonchev–Trinajstić information content (AvgIpc) is 3.25. The van der Waals surface area contributed by atoms with Gasteiger partial charge in [0.15, 0.2) is 11.0 Å². The van der Waals surface area contributed by atoms with Crippen molar-refractivity contribution in [1.29, 1.82) is 0 Å². The fraction of sp³-hybridized carbons (Fsp3) is 0.538. The van der Waals surface area contributed by atoms with Crippen molar-refractivity contribution in [1.82, 2.24) is 24.6 Å². The van der Waals surface area contributed by atoms with E-state index in [2.05, 4.69) is 42.8 Å². The summed E-state index contributed by atoms with van der Waals surface area (Å²) in [5.74, 6) is 2.11. The number of benzene rings is 1. The van der Waals surface area contributed by atoms with Crippen LogP contribution in [-0.2, 0) is 16.1 Å². The smallest absolute Gasteiger partial charge is 0.233 e. The standard InChI is InChI=1S/C26H35N5O2S/c1-4-12-31-24(22-9-5-7-19(2)16-22)27-28-26(31)34-18-23(32)29-14-10-21(11-15-29)25(33)30-13-6-8-20(3)17-30/h4-5,7,9,16,20-21H,1,6,8,10-15,17-18H2,2-3H3. The second-order valence-corrected chi connectivity index (χ2v) is 10.5. The Balaban J connectivity index is 1.32. The number of rotatable bonds is 7. The summed E-state index contributed by atoms with van der Waals surface area (Å²) >= 11 is 1.41. The normalized spacial score (nSPS) is 19.3. The first-order chi connectivity index (χ1) is 16.5. The highest BCUT2D eigenvalue weighted by Gasteiger charge is 2.31. The zero-order valence-electron chi connectivity index (χ0n) is 20.3. The van der Waals surface area contributed by atoms with Crippen molar-refractivity contribution in [3.8, 4) is 11.4 Å². The summed E-state index contributed by atoms with van der Waals surface area (Å²) in [7, 11) is 0. The zero-order chi connectivity index (χ0) is 24.1. The van der Waals surface area contributed by atoms with Crippen molar-refractivity contribution in [2.45, 2.75) is 51.2 Å². The molecule has 2 aromatic rings. The minimum absolute atomic E-state index is 0.0505. The molecule has 2 fully saturated rings. The van der Waals surface area contributed by atoms with Gasteiger partial charge in [0.25, 0.3) is 0 Å². The van der Waals surface area contributed by atoms with Crippen LogP contribution in [0.2, 0.25) is 0 Å². The largest absolute Gasteiger partial charge is 0.342 e. The monoisotopic (exact) mass is 481 g/mol. The van der Waals surface area contributed by atoms with Gasteiger partial charge in [-0.25, -0.2) is 0 Å². The van der Waals surface area contributed by atoms with Gasteiger partial charge in [0, 0.05) is 44.2 Å². The molecule has 1 unspecified atom stereocenters. The molecule has 0 aliphatic carbocycles. The third-order valence-electron chi connectivity index (χ3n) is 6.80. The summed E-state index contributed by atoms with van der Waals surface area (Å²) in [6, 6.07) is 8.16. The SMILES string of the molecule is C=CCn1c(SCC(=O)N2CCC(C(=O)N3CCCC(C)C3)CC2)nnc1-c1cccc(C)c1. The molecule has 34 heavy (non-hydrogen) atoms. The van der Waals surface area contributed by atoms with Crippen LogP contribution in [0.5, 0.6) is 0 Å². The van der Waals surface area contributed by atoms with Crippen LogP contribution in [0.4, 0.5) is 0 Å². The van der Waals surface area contributed by atoms with E-state index in [0.29, 0.717) is 36.5 Å². The first-order valence-electron chi connectivity index (χ1n) is 12.3. The van der Waals surface area contributed by atoms with Gasteiger partial charge >= 0.3 is 0 Å². The summed E-state index contributed by atoms with van der Waals surface area (Å²) < 4.78 is 2.00. The van der Waals surface area contributed by atoms with Gasteiger partial charge in [-0.3, -0.25) is 14.2 Å². The molecule has 0 saturated carbocycles. The number of allylic oxidation sites excluding steroid dienone is 1.